The van der Waals surface area contributed by atoms with Gasteiger partial charge in [-0.15, -0.1) is 11.3 Å². The molecule has 1 aromatic rings. The third-order valence-electron chi connectivity index (χ3n) is 1.49. The first-order valence-corrected chi connectivity index (χ1v) is 4.93. The van der Waals surface area contributed by atoms with E-state index in [-0.39, 0.29) is 0 Å². The first kappa shape index (κ1) is 8.15. The SMILES string of the molecule is CCC(S)Cc1cccs1. The monoisotopic (exact) mass is 172 g/mol. The molecule has 0 amide bonds. The number of thiophene rings is 1. The van der Waals surface area contributed by atoms with Crippen LogP contribution in [-0.4, -0.2) is 5.25 Å². The van der Waals surface area contributed by atoms with Gasteiger partial charge in [-0.3, -0.25) is 0 Å². The van der Waals surface area contributed by atoms with Gasteiger partial charge in [0, 0.05) is 10.1 Å². The van der Waals surface area contributed by atoms with E-state index in [0.717, 1.165) is 12.8 Å². The van der Waals surface area contributed by atoms with E-state index in [2.05, 4.69) is 37.1 Å². The summed E-state index contributed by atoms with van der Waals surface area (Å²) in [6, 6.07) is 4.26. The van der Waals surface area contributed by atoms with Crippen molar-refractivity contribution in [2.75, 3.05) is 0 Å². The molecule has 0 aromatic carbocycles. The Morgan fingerprint density at radius 3 is 3.00 bits per heavy atom. The van der Waals surface area contributed by atoms with Crippen molar-refractivity contribution < 1.29 is 0 Å². The molecule has 0 saturated carbocycles. The van der Waals surface area contributed by atoms with E-state index >= 15 is 0 Å². The summed E-state index contributed by atoms with van der Waals surface area (Å²) < 4.78 is 0. The summed E-state index contributed by atoms with van der Waals surface area (Å²) in [5.74, 6) is 0. The third-order valence-corrected chi connectivity index (χ3v) is 2.93. The third kappa shape index (κ3) is 2.35. The van der Waals surface area contributed by atoms with Gasteiger partial charge in [0.15, 0.2) is 0 Å². The Labute approximate surface area is 71.7 Å². The fourth-order valence-corrected chi connectivity index (χ4v) is 1.91. The van der Waals surface area contributed by atoms with Gasteiger partial charge in [0.1, 0.15) is 0 Å². The summed E-state index contributed by atoms with van der Waals surface area (Å²) in [7, 11) is 0. The highest BCUT2D eigenvalue weighted by Crippen LogP contribution is 2.15. The fourth-order valence-electron chi connectivity index (χ4n) is 0.805. The van der Waals surface area contributed by atoms with E-state index in [1.807, 2.05) is 11.3 Å². The van der Waals surface area contributed by atoms with Crippen LogP contribution in [0.5, 0.6) is 0 Å². The molecule has 0 aliphatic heterocycles. The Hall–Kier alpha value is 0.0500. The lowest BCUT2D eigenvalue weighted by Gasteiger charge is -2.03. The fraction of sp³-hybridized carbons (Fsp3) is 0.500. The van der Waals surface area contributed by atoms with Crippen molar-refractivity contribution in [2.24, 2.45) is 0 Å². The summed E-state index contributed by atoms with van der Waals surface area (Å²) in [6.07, 6.45) is 2.28. The molecule has 0 aliphatic rings. The zero-order valence-corrected chi connectivity index (χ0v) is 7.79. The van der Waals surface area contributed by atoms with Crippen LogP contribution in [0, 0.1) is 0 Å². The second-order valence-electron chi connectivity index (χ2n) is 2.35. The minimum Gasteiger partial charge on any atom is -0.176 e. The molecule has 0 N–H and O–H groups in total. The molecular weight excluding hydrogens is 160 g/mol. The molecule has 0 saturated heterocycles. The highest BCUT2D eigenvalue weighted by atomic mass is 32.1. The van der Waals surface area contributed by atoms with Crippen molar-refractivity contribution in [3.63, 3.8) is 0 Å². The predicted octanol–water partition coefficient (Wildman–Crippen LogP) is 3.00. The highest BCUT2D eigenvalue weighted by molar-refractivity contribution is 7.80. The number of hydrogen-bond donors (Lipinski definition) is 1. The average Bonchev–Trinajstić information content (AvgIpc) is 2.40. The Bertz CT molecular complexity index is 167. The molecule has 0 radical (unpaired) electrons. The van der Waals surface area contributed by atoms with E-state index in [4.69, 9.17) is 0 Å². The summed E-state index contributed by atoms with van der Waals surface area (Å²) >= 11 is 6.24. The van der Waals surface area contributed by atoms with Gasteiger partial charge < -0.3 is 0 Å². The van der Waals surface area contributed by atoms with Crippen molar-refractivity contribution >= 4 is 24.0 Å². The zero-order valence-electron chi connectivity index (χ0n) is 6.08. The molecule has 0 aliphatic carbocycles. The van der Waals surface area contributed by atoms with Gasteiger partial charge in [-0.05, 0) is 24.3 Å². The van der Waals surface area contributed by atoms with Crippen molar-refractivity contribution in [3.8, 4) is 0 Å². The van der Waals surface area contributed by atoms with Gasteiger partial charge in [0.25, 0.3) is 0 Å². The quantitative estimate of drug-likeness (QED) is 0.666. The first-order chi connectivity index (χ1) is 4.83. The molecule has 1 atom stereocenters. The number of thiol groups is 1. The van der Waals surface area contributed by atoms with Gasteiger partial charge in [0.05, 0.1) is 0 Å². The standard InChI is InChI=1S/C8H12S2/c1-2-7(9)6-8-4-3-5-10-8/h3-5,7,9H,2,6H2,1H3. The lowest BCUT2D eigenvalue weighted by molar-refractivity contribution is 0.831. The molecule has 0 nitrogen and oxygen atoms in total. The summed E-state index contributed by atoms with van der Waals surface area (Å²) in [5.41, 5.74) is 0. The van der Waals surface area contributed by atoms with Crippen LogP contribution in [0.2, 0.25) is 0 Å². The Morgan fingerprint density at radius 2 is 2.50 bits per heavy atom. The Balaban J connectivity index is 2.40. The molecule has 0 bridgehead atoms. The summed E-state index contributed by atoms with van der Waals surface area (Å²) in [5, 5.41) is 2.66. The average molecular weight is 172 g/mol. The molecule has 56 valence electrons. The van der Waals surface area contributed by atoms with E-state index in [9.17, 15) is 0 Å². The molecule has 1 rings (SSSR count). The van der Waals surface area contributed by atoms with Crippen molar-refractivity contribution in [1.82, 2.24) is 0 Å². The second kappa shape index (κ2) is 4.04. The lowest BCUT2D eigenvalue weighted by Crippen LogP contribution is -1.98. The summed E-state index contributed by atoms with van der Waals surface area (Å²) in [6.45, 7) is 2.17. The van der Waals surface area contributed by atoms with E-state index < -0.39 is 0 Å². The van der Waals surface area contributed by atoms with Gasteiger partial charge in [-0.1, -0.05) is 13.0 Å². The first-order valence-electron chi connectivity index (χ1n) is 3.53. The maximum atomic E-state index is 4.42. The van der Waals surface area contributed by atoms with Crippen LogP contribution in [0.25, 0.3) is 0 Å². The van der Waals surface area contributed by atoms with Gasteiger partial charge in [-0.2, -0.15) is 12.6 Å². The van der Waals surface area contributed by atoms with E-state index in [1.165, 1.54) is 4.88 Å². The molecular formula is C8H12S2. The molecule has 2 heteroatoms. The van der Waals surface area contributed by atoms with Crippen LogP contribution < -0.4 is 0 Å². The normalized spacial score (nSPS) is 13.4. The van der Waals surface area contributed by atoms with Crippen LogP contribution in [0.4, 0.5) is 0 Å². The van der Waals surface area contributed by atoms with E-state index in [0.29, 0.717) is 5.25 Å². The largest absolute Gasteiger partial charge is 0.176 e. The van der Waals surface area contributed by atoms with Crippen LogP contribution in [0.3, 0.4) is 0 Å². The predicted molar refractivity (Wildman–Crippen MR) is 51.1 cm³/mol. The number of hydrogen-bond acceptors (Lipinski definition) is 2. The zero-order chi connectivity index (χ0) is 7.40. The molecule has 1 unspecified atom stereocenters. The van der Waals surface area contributed by atoms with Gasteiger partial charge >= 0.3 is 0 Å². The van der Waals surface area contributed by atoms with Gasteiger partial charge in [0.2, 0.25) is 0 Å². The van der Waals surface area contributed by atoms with Crippen LogP contribution in [0.15, 0.2) is 17.5 Å². The molecule has 10 heavy (non-hydrogen) atoms. The second-order valence-corrected chi connectivity index (χ2v) is 4.11. The molecule has 1 heterocycles. The van der Waals surface area contributed by atoms with Crippen LogP contribution >= 0.6 is 24.0 Å². The van der Waals surface area contributed by atoms with E-state index in [1.54, 1.807) is 0 Å². The lowest BCUT2D eigenvalue weighted by atomic mass is 10.2. The Morgan fingerprint density at radius 1 is 1.70 bits per heavy atom. The van der Waals surface area contributed by atoms with Crippen molar-refractivity contribution in [2.45, 2.75) is 25.0 Å². The van der Waals surface area contributed by atoms with Crippen LogP contribution in [-0.2, 0) is 6.42 Å². The van der Waals surface area contributed by atoms with Crippen molar-refractivity contribution in [3.05, 3.63) is 22.4 Å². The Kier molecular flexibility index (Phi) is 3.29. The topological polar surface area (TPSA) is 0 Å². The highest BCUT2D eigenvalue weighted by Gasteiger charge is 2.00. The molecule has 1 aromatic heterocycles. The number of rotatable bonds is 3. The van der Waals surface area contributed by atoms with Crippen LogP contribution in [0.1, 0.15) is 18.2 Å². The minimum absolute atomic E-state index is 0.540. The van der Waals surface area contributed by atoms with Crippen molar-refractivity contribution in [1.29, 1.82) is 0 Å². The molecule has 0 fully saturated rings. The minimum atomic E-state index is 0.540. The maximum absolute atomic E-state index is 4.42. The smallest absolute Gasteiger partial charge is 0.00624 e. The molecule has 0 spiro atoms. The van der Waals surface area contributed by atoms with Gasteiger partial charge in [-0.25, -0.2) is 0 Å². The maximum Gasteiger partial charge on any atom is 0.00624 e. The summed E-state index contributed by atoms with van der Waals surface area (Å²) in [4.78, 5) is 1.45.